The molecule has 0 saturated carbocycles. The molecule has 2 aromatic carbocycles. The Kier molecular flexibility index (Phi) is 6.90. The van der Waals surface area contributed by atoms with Crippen LogP contribution < -0.4 is 25.4 Å². The molecule has 0 spiro atoms. The van der Waals surface area contributed by atoms with E-state index in [1.54, 1.807) is 36.4 Å². The van der Waals surface area contributed by atoms with Crippen molar-refractivity contribution in [3.8, 4) is 11.5 Å². The van der Waals surface area contributed by atoms with Gasteiger partial charge in [-0.15, -0.1) is 0 Å². The largest absolute Gasteiger partial charge is 0.486 e. The fourth-order valence-electron chi connectivity index (χ4n) is 2.66. The molecule has 2 amide bonds. The van der Waals surface area contributed by atoms with Gasteiger partial charge >= 0.3 is 0 Å². The highest BCUT2D eigenvalue weighted by molar-refractivity contribution is 7.80. The summed E-state index contributed by atoms with van der Waals surface area (Å²) < 4.78 is 10.9. The Labute approximate surface area is 178 Å². The third kappa shape index (κ3) is 5.58. The maximum Gasteiger partial charge on any atom is 0.257 e. The third-order valence-corrected chi connectivity index (χ3v) is 4.54. The molecule has 0 radical (unpaired) electrons. The van der Waals surface area contributed by atoms with Gasteiger partial charge in [-0.1, -0.05) is 18.5 Å². The molecule has 3 N–H and O–H groups in total. The van der Waals surface area contributed by atoms with Crippen molar-refractivity contribution in [2.45, 2.75) is 19.8 Å². The van der Waals surface area contributed by atoms with E-state index in [0.29, 0.717) is 53.1 Å². The molecule has 0 saturated heterocycles. The number of hydrogen-bond acceptors (Lipinski definition) is 5. The molecule has 7 nitrogen and oxygen atoms in total. The predicted octanol–water partition coefficient (Wildman–Crippen LogP) is 3.98. The van der Waals surface area contributed by atoms with Gasteiger partial charge in [-0.25, -0.2) is 0 Å². The zero-order valence-corrected chi connectivity index (χ0v) is 17.3. The van der Waals surface area contributed by atoms with Crippen molar-refractivity contribution >= 4 is 52.1 Å². The summed E-state index contributed by atoms with van der Waals surface area (Å²) in [6, 6.07) is 9.89. The average molecular weight is 434 g/mol. The lowest BCUT2D eigenvalue weighted by molar-refractivity contribution is -0.116. The van der Waals surface area contributed by atoms with Crippen molar-refractivity contribution < 1.29 is 19.1 Å². The summed E-state index contributed by atoms with van der Waals surface area (Å²) in [6.45, 7) is 2.84. The second-order valence-corrected chi connectivity index (χ2v) is 7.07. The molecule has 3 rings (SSSR count). The van der Waals surface area contributed by atoms with Gasteiger partial charge in [0.05, 0.1) is 10.7 Å². The summed E-state index contributed by atoms with van der Waals surface area (Å²) >= 11 is 11.4. The van der Waals surface area contributed by atoms with Gasteiger partial charge in [-0.05, 0) is 55.0 Å². The number of rotatable bonds is 5. The molecule has 9 heteroatoms. The lowest BCUT2D eigenvalue weighted by Crippen LogP contribution is -2.34. The first-order valence-corrected chi connectivity index (χ1v) is 9.86. The van der Waals surface area contributed by atoms with Gasteiger partial charge in [0.15, 0.2) is 16.6 Å². The zero-order chi connectivity index (χ0) is 20.8. The molecule has 0 aromatic heterocycles. The first kappa shape index (κ1) is 20.9. The molecule has 0 unspecified atom stereocenters. The molecule has 152 valence electrons. The van der Waals surface area contributed by atoms with Crippen molar-refractivity contribution in [1.82, 2.24) is 5.32 Å². The number of benzene rings is 2. The Morgan fingerprint density at radius 1 is 1.07 bits per heavy atom. The van der Waals surface area contributed by atoms with Crippen molar-refractivity contribution in [2.75, 3.05) is 23.8 Å². The van der Waals surface area contributed by atoms with Crippen LogP contribution in [0, 0.1) is 0 Å². The topological polar surface area (TPSA) is 88.7 Å². The number of hydrogen-bond donors (Lipinski definition) is 3. The minimum atomic E-state index is -0.400. The van der Waals surface area contributed by atoms with Crippen LogP contribution in [0.5, 0.6) is 11.5 Å². The molecular formula is C20H20ClN3O4S. The summed E-state index contributed by atoms with van der Waals surface area (Å²) in [6.07, 6.45) is 1.18. The van der Waals surface area contributed by atoms with Crippen LogP contribution in [-0.2, 0) is 4.79 Å². The number of anilines is 2. The maximum atomic E-state index is 12.5. The zero-order valence-electron chi connectivity index (χ0n) is 15.7. The van der Waals surface area contributed by atoms with Crippen LogP contribution in [0.4, 0.5) is 11.4 Å². The quantitative estimate of drug-likeness (QED) is 0.618. The standard InChI is InChI=1S/C20H20ClN3O4S/c1-2-3-18(25)22-13-5-6-14(21)15(11-13)23-20(29)24-19(26)12-4-7-16-17(10-12)28-9-8-27-16/h4-7,10-11H,2-3,8-9H2,1H3,(H,22,25)(H2,23,24,26,29). The van der Waals surface area contributed by atoms with Gasteiger partial charge in [0.1, 0.15) is 13.2 Å². The maximum absolute atomic E-state index is 12.5. The molecule has 0 fully saturated rings. The van der Waals surface area contributed by atoms with Crippen molar-refractivity contribution in [3.63, 3.8) is 0 Å². The van der Waals surface area contributed by atoms with E-state index in [-0.39, 0.29) is 11.0 Å². The monoisotopic (exact) mass is 433 g/mol. The van der Waals surface area contributed by atoms with Crippen LogP contribution in [0.25, 0.3) is 0 Å². The number of fused-ring (bicyclic) bond motifs is 1. The average Bonchev–Trinajstić information content (AvgIpc) is 2.70. The van der Waals surface area contributed by atoms with Crippen LogP contribution >= 0.6 is 23.8 Å². The number of nitrogens with one attached hydrogen (secondary N) is 3. The van der Waals surface area contributed by atoms with Crippen molar-refractivity contribution in [3.05, 3.63) is 47.0 Å². The Hall–Kier alpha value is -2.84. The highest BCUT2D eigenvalue weighted by Gasteiger charge is 2.16. The van der Waals surface area contributed by atoms with E-state index >= 15 is 0 Å². The van der Waals surface area contributed by atoms with Gasteiger partial charge in [-0.2, -0.15) is 0 Å². The van der Waals surface area contributed by atoms with Crippen LogP contribution in [0.1, 0.15) is 30.1 Å². The summed E-state index contributed by atoms with van der Waals surface area (Å²) in [5, 5.41) is 8.73. The molecule has 0 aliphatic carbocycles. The van der Waals surface area contributed by atoms with Crippen LogP contribution in [-0.4, -0.2) is 30.1 Å². The van der Waals surface area contributed by atoms with Gasteiger partial charge in [0, 0.05) is 17.7 Å². The highest BCUT2D eigenvalue weighted by Crippen LogP contribution is 2.30. The van der Waals surface area contributed by atoms with E-state index in [4.69, 9.17) is 33.3 Å². The minimum Gasteiger partial charge on any atom is -0.486 e. The predicted molar refractivity (Wildman–Crippen MR) is 116 cm³/mol. The first-order valence-electron chi connectivity index (χ1n) is 9.07. The number of halogens is 1. The van der Waals surface area contributed by atoms with E-state index in [1.165, 1.54) is 0 Å². The van der Waals surface area contributed by atoms with Gasteiger partial charge in [0.25, 0.3) is 5.91 Å². The van der Waals surface area contributed by atoms with Gasteiger partial charge < -0.3 is 20.1 Å². The van der Waals surface area contributed by atoms with E-state index < -0.39 is 5.91 Å². The smallest absolute Gasteiger partial charge is 0.257 e. The Morgan fingerprint density at radius 2 is 1.83 bits per heavy atom. The Bertz CT molecular complexity index is 951. The van der Waals surface area contributed by atoms with Crippen LogP contribution in [0.2, 0.25) is 5.02 Å². The normalized spacial score (nSPS) is 12.1. The third-order valence-electron chi connectivity index (χ3n) is 4.01. The summed E-state index contributed by atoms with van der Waals surface area (Å²) in [7, 11) is 0. The summed E-state index contributed by atoms with van der Waals surface area (Å²) in [5.41, 5.74) is 1.43. The lowest BCUT2D eigenvalue weighted by atomic mass is 10.2. The van der Waals surface area contributed by atoms with Crippen LogP contribution in [0.3, 0.4) is 0 Å². The fraction of sp³-hybridized carbons (Fsp3) is 0.250. The number of ether oxygens (including phenoxy) is 2. The minimum absolute atomic E-state index is 0.0730. The molecule has 1 heterocycles. The van der Waals surface area contributed by atoms with Gasteiger partial charge in [-0.3, -0.25) is 14.9 Å². The molecular weight excluding hydrogens is 414 g/mol. The molecule has 0 bridgehead atoms. The number of thiocarbonyl (C=S) groups is 1. The van der Waals surface area contributed by atoms with Crippen molar-refractivity contribution in [1.29, 1.82) is 0 Å². The number of amides is 2. The lowest BCUT2D eigenvalue weighted by Gasteiger charge is -2.19. The van der Waals surface area contributed by atoms with E-state index in [9.17, 15) is 9.59 Å². The highest BCUT2D eigenvalue weighted by atomic mass is 35.5. The summed E-state index contributed by atoms with van der Waals surface area (Å²) in [5.74, 6) is 0.627. The van der Waals surface area contributed by atoms with Crippen LogP contribution in [0.15, 0.2) is 36.4 Å². The second-order valence-electron chi connectivity index (χ2n) is 6.26. The summed E-state index contributed by atoms with van der Waals surface area (Å²) in [4.78, 5) is 24.2. The SMILES string of the molecule is CCCC(=O)Nc1ccc(Cl)c(NC(=S)NC(=O)c2ccc3c(c2)OCCO3)c1. The van der Waals surface area contributed by atoms with E-state index in [1.807, 2.05) is 6.92 Å². The molecule has 1 aliphatic heterocycles. The first-order chi connectivity index (χ1) is 14.0. The molecule has 0 atom stereocenters. The number of carbonyl (C=O) groups is 2. The molecule has 2 aromatic rings. The molecule has 1 aliphatic rings. The number of carbonyl (C=O) groups excluding carboxylic acids is 2. The Morgan fingerprint density at radius 3 is 2.59 bits per heavy atom. The fourth-order valence-corrected chi connectivity index (χ4v) is 3.03. The Balaban J connectivity index is 1.64. The van der Waals surface area contributed by atoms with Crippen molar-refractivity contribution in [2.24, 2.45) is 0 Å². The van der Waals surface area contributed by atoms with E-state index in [2.05, 4.69) is 16.0 Å². The van der Waals surface area contributed by atoms with Gasteiger partial charge in [0.2, 0.25) is 5.91 Å². The second kappa shape index (κ2) is 9.58. The van der Waals surface area contributed by atoms with E-state index in [0.717, 1.165) is 6.42 Å². The molecule has 29 heavy (non-hydrogen) atoms.